The molecule has 1 unspecified atom stereocenters. The van der Waals surface area contributed by atoms with Gasteiger partial charge in [-0.2, -0.15) is 0 Å². The van der Waals surface area contributed by atoms with Crippen LogP contribution in [0.15, 0.2) is 12.2 Å². The van der Waals surface area contributed by atoms with Crippen molar-refractivity contribution in [2.75, 3.05) is 0 Å². The van der Waals surface area contributed by atoms with Crippen LogP contribution in [0.4, 0.5) is 0 Å². The zero-order chi connectivity index (χ0) is 13.8. The Hall–Kier alpha value is -0.790. The quantitative estimate of drug-likeness (QED) is 0.315. The van der Waals surface area contributed by atoms with E-state index in [1.165, 1.54) is 25.7 Å². The third-order valence-electron chi connectivity index (χ3n) is 3.15. The monoisotopic (exact) mass is 254 g/mol. The van der Waals surface area contributed by atoms with Crippen molar-refractivity contribution in [3.05, 3.63) is 12.2 Å². The van der Waals surface area contributed by atoms with E-state index in [2.05, 4.69) is 32.9 Å². The summed E-state index contributed by atoms with van der Waals surface area (Å²) in [5.41, 5.74) is 0. The Morgan fingerprint density at radius 3 is 2.22 bits per heavy atom. The van der Waals surface area contributed by atoms with Gasteiger partial charge in [-0.1, -0.05) is 45.8 Å². The molecule has 0 spiro atoms. The van der Waals surface area contributed by atoms with Gasteiger partial charge >= 0.3 is 5.97 Å². The smallest absolute Gasteiger partial charge is 0.306 e. The zero-order valence-corrected chi connectivity index (χ0v) is 12.6. The van der Waals surface area contributed by atoms with Gasteiger partial charge in [-0.3, -0.25) is 4.79 Å². The van der Waals surface area contributed by atoms with E-state index < -0.39 is 0 Å². The first kappa shape index (κ1) is 17.2. The number of hydrogen-bond acceptors (Lipinski definition) is 2. The summed E-state index contributed by atoms with van der Waals surface area (Å²) in [6.07, 6.45) is 11.9. The van der Waals surface area contributed by atoms with Gasteiger partial charge in [0.25, 0.3) is 0 Å². The number of ether oxygens (including phenoxy) is 1. The Labute approximate surface area is 113 Å². The first-order chi connectivity index (χ1) is 8.57. The largest absolute Gasteiger partial charge is 0.462 e. The Morgan fingerprint density at radius 1 is 1.06 bits per heavy atom. The van der Waals surface area contributed by atoms with Crippen LogP contribution in [0.1, 0.15) is 72.6 Å². The molecular formula is C16H30O2. The van der Waals surface area contributed by atoms with Crippen LogP contribution in [0.3, 0.4) is 0 Å². The predicted molar refractivity (Wildman–Crippen MR) is 77.5 cm³/mol. The van der Waals surface area contributed by atoms with E-state index in [-0.39, 0.29) is 12.1 Å². The van der Waals surface area contributed by atoms with Crippen molar-refractivity contribution in [3.63, 3.8) is 0 Å². The molecular weight excluding hydrogens is 224 g/mol. The topological polar surface area (TPSA) is 26.3 Å². The number of allylic oxidation sites excluding steroid dienone is 2. The molecule has 2 heteroatoms. The minimum Gasteiger partial charge on any atom is -0.462 e. The summed E-state index contributed by atoms with van der Waals surface area (Å²) in [6, 6.07) is 0. The van der Waals surface area contributed by atoms with Gasteiger partial charge in [-0.25, -0.2) is 0 Å². The molecule has 0 aromatic carbocycles. The van der Waals surface area contributed by atoms with Crippen molar-refractivity contribution in [3.8, 4) is 0 Å². The summed E-state index contributed by atoms with van der Waals surface area (Å²) in [7, 11) is 0. The molecule has 0 radical (unpaired) electrons. The van der Waals surface area contributed by atoms with E-state index >= 15 is 0 Å². The molecule has 106 valence electrons. The van der Waals surface area contributed by atoms with Crippen molar-refractivity contribution in [2.24, 2.45) is 5.92 Å². The lowest BCUT2D eigenvalue weighted by Gasteiger charge is -2.16. The molecule has 0 N–H and O–H groups in total. The molecule has 18 heavy (non-hydrogen) atoms. The lowest BCUT2D eigenvalue weighted by atomic mass is 10.1. The third kappa shape index (κ3) is 10.4. The molecule has 0 amide bonds. The van der Waals surface area contributed by atoms with E-state index in [0.717, 1.165) is 12.8 Å². The molecule has 0 saturated heterocycles. The first-order valence-electron chi connectivity index (χ1n) is 7.42. The van der Waals surface area contributed by atoms with Crippen LogP contribution < -0.4 is 0 Å². The molecule has 2 nitrogen and oxygen atoms in total. The Kier molecular flexibility index (Phi) is 10.8. The second-order valence-corrected chi connectivity index (χ2v) is 5.30. The molecule has 0 aromatic heterocycles. The number of unbranched alkanes of at least 4 members (excludes halogenated alkanes) is 4. The maximum absolute atomic E-state index is 11.5. The van der Waals surface area contributed by atoms with Gasteiger partial charge < -0.3 is 4.74 Å². The summed E-state index contributed by atoms with van der Waals surface area (Å²) in [5, 5.41) is 0. The van der Waals surface area contributed by atoms with Crippen molar-refractivity contribution in [1.82, 2.24) is 0 Å². The van der Waals surface area contributed by atoms with Crippen molar-refractivity contribution >= 4 is 5.97 Å². The van der Waals surface area contributed by atoms with Gasteiger partial charge in [0.2, 0.25) is 0 Å². The van der Waals surface area contributed by atoms with Crippen LogP contribution in [-0.4, -0.2) is 12.1 Å². The van der Waals surface area contributed by atoms with Gasteiger partial charge in [0.15, 0.2) is 0 Å². The molecule has 0 bridgehead atoms. The summed E-state index contributed by atoms with van der Waals surface area (Å²) in [6.45, 7) is 8.30. The first-order valence-corrected chi connectivity index (χ1v) is 7.42. The Bertz CT molecular complexity index is 231. The van der Waals surface area contributed by atoms with Crippen LogP contribution in [-0.2, 0) is 9.53 Å². The summed E-state index contributed by atoms with van der Waals surface area (Å²) in [4.78, 5) is 11.5. The predicted octanol–water partition coefficient (Wildman–Crippen LogP) is 4.88. The average Bonchev–Trinajstić information content (AvgIpc) is 2.32. The number of rotatable bonds is 10. The fourth-order valence-corrected chi connectivity index (χ4v) is 1.51. The zero-order valence-electron chi connectivity index (χ0n) is 12.6. The highest BCUT2D eigenvalue weighted by atomic mass is 16.5. The molecule has 0 aromatic rings. The van der Waals surface area contributed by atoms with Gasteiger partial charge in [-0.05, 0) is 38.5 Å². The second kappa shape index (κ2) is 11.3. The maximum atomic E-state index is 11.5. The second-order valence-electron chi connectivity index (χ2n) is 5.30. The summed E-state index contributed by atoms with van der Waals surface area (Å²) in [5.74, 6) is 0.336. The van der Waals surface area contributed by atoms with Gasteiger partial charge in [0, 0.05) is 6.42 Å². The number of hydrogen-bond donors (Lipinski definition) is 0. The third-order valence-corrected chi connectivity index (χ3v) is 3.15. The number of carbonyl (C=O) groups excluding carboxylic acids is 1. The Morgan fingerprint density at radius 2 is 1.67 bits per heavy atom. The van der Waals surface area contributed by atoms with Crippen LogP contribution in [0, 0.1) is 5.92 Å². The SMILES string of the molecule is CCCCC/C=C/CCCC(=O)OC(C)C(C)C. The molecule has 1 atom stereocenters. The summed E-state index contributed by atoms with van der Waals surface area (Å²) >= 11 is 0. The summed E-state index contributed by atoms with van der Waals surface area (Å²) < 4.78 is 5.31. The highest BCUT2D eigenvalue weighted by Crippen LogP contribution is 2.08. The molecule has 0 aliphatic rings. The average molecular weight is 254 g/mol. The minimum atomic E-state index is -0.0596. The fourth-order valence-electron chi connectivity index (χ4n) is 1.51. The highest BCUT2D eigenvalue weighted by molar-refractivity contribution is 5.69. The fraction of sp³-hybridized carbons (Fsp3) is 0.812. The Balaban J connectivity index is 3.45. The lowest BCUT2D eigenvalue weighted by molar-refractivity contribution is -0.150. The van der Waals surface area contributed by atoms with Crippen LogP contribution >= 0.6 is 0 Å². The van der Waals surface area contributed by atoms with E-state index in [1.807, 2.05) is 6.92 Å². The van der Waals surface area contributed by atoms with Crippen molar-refractivity contribution < 1.29 is 9.53 Å². The highest BCUT2D eigenvalue weighted by Gasteiger charge is 2.11. The lowest BCUT2D eigenvalue weighted by Crippen LogP contribution is -2.19. The van der Waals surface area contributed by atoms with Crippen LogP contribution in [0.5, 0.6) is 0 Å². The number of carbonyl (C=O) groups is 1. The van der Waals surface area contributed by atoms with Crippen LogP contribution in [0.2, 0.25) is 0 Å². The molecule has 0 saturated carbocycles. The van der Waals surface area contributed by atoms with Gasteiger partial charge in [0.1, 0.15) is 6.10 Å². The van der Waals surface area contributed by atoms with Crippen LogP contribution in [0.25, 0.3) is 0 Å². The van der Waals surface area contributed by atoms with Crippen molar-refractivity contribution in [1.29, 1.82) is 0 Å². The molecule has 0 rings (SSSR count). The minimum absolute atomic E-state index is 0.0297. The van der Waals surface area contributed by atoms with E-state index in [1.54, 1.807) is 0 Å². The van der Waals surface area contributed by atoms with E-state index in [0.29, 0.717) is 12.3 Å². The molecule has 0 fully saturated rings. The van der Waals surface area contributed by atoms with E-state index in [4.69, 9.17) is 4.74 Å². The number of esters is 1. The standard InChI is InChI=1S/C16H30O2/c1-5-6-7-8-9-10-11-12-13-16(17)18-15(4)14(2)3/h9-10,14-15H,5-8,11-13H2,1-4H3/b10-9+. The molecule has 0 aliphatic carbocycles. The normalized spacial score (nSPS) is 13.2. The maximum Gasteiger partial charge on any atom is 0.306 e. The molecule has 0 heterocycles. The van der Waals surface area contributed by atoms with Gasteiger partial charge in [-0.15, -0.1) is 0 Å². The van der Waals surface area contributed by atoms with Crippen molar-refractivity contribution in [2.45, 2.75) is 78.7 Å². The van der Waals surface area contributed by atoms with E-state index in [9.17, 15) is 4.79 Å². The molecule has 0 aliphatic heterocycles. The van der Waals surface area contributed by atoms with Gasteiger partial charge in [0.05, 0.1) is 0 Å².